The number of nitrogens with zero attached hydrogens (tertiary/aromatic N) is 6. The van der Waals surface area contributed by atoms with E-state index in [0.717, 1.165) is 19.5 Å². The third kappa shape index (κ3) is 4.71. The summed E-state index contributed by atoms with van der Waals surface area (Å²) in [6.45, 7) is 8.26. The lowest BCUT2D eigenvalue weighted by Crippen LogP contribution is -2.45. The molecule has 1 aliphatic rings. The number of aryl methyl sites for hydroxylation is 1. The number of hydrogen-bond acceptors (Lipinski definition) is 9. The van der Waals surface area contributed by atoms with E-state index in [1.165, 1.54) is 4.68 Å². The molecule has 170 valence electrons. The second kappa shape index (κ2) is 8.79. The van der Waals surface area contributed by atoms with E-state index in [9.17, 15) is 4.79 Å². The van der Waals surface area contributed by atoms with Crippen molar-refractivity contribution in [3.8, 4) is 17.0 Å². The van der Waals surface area contributed by atoms with Crippen LogP contribution in [0.15, 0.2) is 29.3 Å². The molecule has 0 aliphatic carbocycles. The second-order valence-corrected chi connectivity index (χ2v) is 9.03. The Hall–Kier alpha value is -3.11. The standard InChI is InChI=1S/C22H29N7O3/c1-22(2,3)25-15-6-7-29(12-15)21-23-11-18(26-27-21)17-9-16-14(8-19(17)32-13-31-5)10-24-28(4)20(16)30/h8-11,15,25H,6-7,12-13H2,1-5H3/t15-/m0/s1. The summed E-state index contributed by atoms with van der Waals surface area (Å²) < 4.78 is 12.1. The number of fused-ring (bicyclic) bond motifs is 1. The molecule has 10 nitrogen and oxygen atoms in total. The average Bonchev–Trinajstić information content (AvgIpc) is 3.21. The molecular weight excluding hydrogens is 410 g/mol. The first-order chi connectivity index (χ1) is 15.2. The van der Waals surface area contributed by atoms with Crippen LogP contribution < -0.4 is 20.5 Å². The van der Waals surface area contributed by atoms with Crippen LogP contribution in [0.5, 0.6) is 5.75 Å². The van der Waals surface area contributed by atoms with E-state index in [0.29, 0.717) is 39.8 Å². The van der Waals surface area contributed by atoms with Crippen molar-refractivity contribution in [2.75, 3.05) is 31.9 Å². The summed E-state index contributed by atoms with van der Waals surface area (Å²) in [4.78, 5) is 19.2. The van der Waals surface area contributed by atoms with Gasteiger partial charge in [0.15, 0.2) is 6.79 Å². The highest BCUT2D eigenvalue weighted by molar-refractivity contribution is 5.88. The summed E-state index contributed by atoms with van der Waals surface area (Å²) in [6, 6.07) is 3.89. The molecule has 4 rings (SSSR count). The zero-order chi connectivity index (χ0) is 22.9. The summed E-state index contributed by atoms with van der Waals surface area (Å²) in [7, 11) is 3.16. The van der Waals surface area contributed by atoms with Crippen LogP contribution in [-0.2, 0) is 11.8 Å². The Bertz CT molecular complexity index is 1160. The van der Waals surface area contributed by atoms with E-state index in [1.807, 2.05) is 0 Å². The van der Waals surface area contributed by atoms with E-state index in [4.69, 9.17) is 9.47 Å². The van der Waals surface area contributed by atoms with Crippen molar-refractivity contribution in [2.24, 2.45) is 7.05 Å². The maximum absolute atomic E-state index is 12.6. The van der Waals surface area contributed by atoms with Crippen LogP contribution in [0.25, 0.3) is 22.0 Å². The van der Waals surface area contributed by atoms with E-state index in [-0.39, 0.29) is 17.9 Å². The minimum absolute atomic E-state index is 0.0604. The zero-order valence-electron chi connectivity index (χ0n) is 19.1. The molecule has 0 unspecified atom stereocenters. The van der Waals surface area contributed by atoms with Gasteiger partial charge in [0, 0.05) is 49.8 Å². The second-order valence-electron chi connectivity index (χ2n) is 9.03. The lowest BCUT2D eigenvalue weighted by atomic mass is 10.1. The highest BCUT2D eigenvalue weighted by atomic mass is 16.7. The van der Waals surface area contributed by atoms with Gasteiger partial charge in [-0.05, 0) is 39.3 Å². The summed E-state index contributed by atoms with van der Waals surface area (Å²) in [5, 5.41) is 17.7. The summed E-state index contributed by atoms with van der Waals surface area (Å²) >= 11 is 0. The first-order valence-electron chi connectivity index (χ1n) is 10.6. The van der Waals surface area contributed by atoms with Gasteiger partial charge in [0.25, 0.3) is 5.56 Å². The molecule has 1 N–H and O–H groups in total. The highest BCUT2D eigenvalue weighted by Gasteiger charge is 2.27. The molecule has 0 bridgehead atoms. The number of benzene rings is 1. The Labute approximate surface area is 186 Å². The van der Waals surface area contributed by atoms with Crippen molar-refractivity contribution in [2.45, 2.75) is 38.8 Å². The fourth-order valence-electron chi connectivity index (χ4n) is 3.91. The van der Waals surface area contributed by atoms with Gasteiger partial charge in [0.1, 0.15) is 11.4 Å². The summed E-state index contributed by atoms with van der Waals surface area (Å²) in [6.07, 6.45) is 4.32. The van der Waals surface area contributed by atoms with Crippen LogP contribution in [0.3, 0.4) is 0 Å². The minimum atomic E-state index is -0.200. The van der Waals surface area contributed by atoms with Crippen molar-refractivity contribution in [1.82, 2.24) is 30.3 Å². The SMILES string of the molecule is COCOc1cc2cnn(C)c(=O)c2cc1-c1cnc(N2CC[C@H](NC(C)(C)C)C2)nn1. The number of anilines is 1. The molecule has 0 saturated carbocycles. The van der Waals surface area contributed by atoms with Gasteiger partial charge in [0.05, 0.1) is 17.8 Å². The van der Waals surface area contributed by atoms with Gasteiger partial charge in [-0.15, -0.1) is 10.2 Å². The van der Waals surface area contributed by atoms with E-state index >= 15 is 0 Å². The fraction of sp³-hybridized carbons (Fsp3) is 0.500. The molecule has 1 aromatic carbocycles. The Morgan fingerprint density at radius 1 is 1.22 bits per heavy atom. The molecule has 1 fully saturated rings. The van der Waals surface area contributed by atoms with Crippen molar-refractivity contribution in [3.05, 3.63) is 34.9 Å². The van der Waals surface area contributed by atoms with E-state index < -0.39 is 0 Å². The van der Waals surface area contributed by atoms with Gasteiger partial charge in [0.2, 0.25) is 5.95 Å². The van der Waals surface area contributed by atoms with Crippen molar-refractivity contribution < 1.29 is 9.47 Å². The molecule has 1 saturated heterocycles. The summed E-state index contributed by atoms with van der Waals surface area (Å²) in [5.74, 6) is 1.11. The molecule has 1 atom stereocenters. The predicted molar refractivity (Wildman–Crippen MR) is 122 cm³/mol. The smallest absolute Gasteiger partial charge is 0.274 e. The van der Waals surface area contributed by atoms with Gasteiger partial charge >= 0.3 is 0 Å². The van der Waals surface area contributed by atoms with Gasteiger partial charge in [-0.1, -0.05) is 0 Å². The molecular formula is C22H29N7O3. The number of rotatable bonds is 6. The largest absolute Gasteiger partial charge is 0.467 e. The molecule has 2 aromatic heterocycles. The fourth-order valence-corrected chi connectivity index (χ4v) is 3.91. The van der Waals surface area contributed by atoms with E-state index in [1.54, 1.807) is 38.7 Å². The Kier molecular flexibility index (Phi) is 6.07. The maximum atomic E-state index is 12.6. The van der Waals surface area contributed by atoms with Crippen molar-refractivity contribution in [1.29, 1.82) is 0 Å². The summed E-state index contributed by atoms with van der Waals surface area (Å²) in [5.41, 5.74) is 1.00. The third-order valence-corrected chi connectivity index (χ3v) is 5.31. The molecule has 3 heterocycles. The van der Waals surface area contributed by atoms with Crippen LogP contribution in [0, 0.1) is 0 Å². The van der Waals surface area contributed by atoms with Crippen molar-refractivity contribution >= 4 is 16.7 Å². The normalized spacial score (nSPS) is 16.7. The van der Waals surface area contributed by atoms with Crippen LogP contribution in [0.2, 0.25) is 0 Å². The van der Waals surface area contributed by atoms with Gasteiger partial charge < -0.3 is 19.7 Å². The number of ether oxygens (including phenoxy) is 2. The van der Waals surface area contributed by atoms with Crippen LogP contribution >= 0.6 is 0 Å². The monoisotopic (exact) mass is 439 g/mol. The molecule has 0 amide bonds. The molecule has 3 aromatic rings. The molecule has 32 heavy (non-hydrogen) atoms. The Balaban J connectivity index is 1.64. The van der Waals surface area contributed by atoms with Gasteiger partial charge in [-0.3, -0.25) is 4.79 Å². The Morgan fingerprint density at radius 3 is 2.72 bits per heavy atom. The number of hydrogen-bond donors (Lipinski definition) is 1. The van der Waals surface area contributed by atoms with Crippen LogP contribution in [0.1, 0.15) is 27.2 Å². The quantitative estimate of drug-likeness (QED) is 0.575. The zero-order valence-corrected chi connectivity index (χ0v) is 19.1. The third-order valence-electron chi connectivity index (χ3n) is 5.31. The lowest BCUT2D eigenvalue weighted by molar-refractivity contribution is 0.0516. The average molecular weight is 440 g/mol. The Morgan fingerprint density at radius 2 is 2.03 bits per heavy atom. The molecule has 1 aliphatic heterocycles. The number of methoxy groups -OCH3 is 1. The molecule has 10 heteroatoms. The van der Waals surface area contributed by atoms with Crippen LogP contribution in [0.4, 0.5) is 5.95 Å². The lowest BCUT2D eigenvalue weighted by Gasteiger charge is -2.25. The number of nitrogens with one attached hydrogen (secondary N) is 1. The highest BCUT2D eigenvalue weighted by Crippen LogP contribution is 2.32. The first kappa shape index (κ1) is 22.1. The van der Waals surface area contributed by atoms with Crippen LogP contribution in [-0.4, -0.2) is 63.5 Å². The topological polar surface area (TPSA) is 107 Å². The number of aromatic nitrogens is 5. The van der Waals surface area contributed by atoms with Crippen molar-refractivity contribution in [3.63, 3.8) is 0 Å². The predicted octanol–water partition coefficient (Wildman–Crippen LogP) is 1.73. The molecule has 0 radical (unpaired) electrons. The minimum Gasteiger partial charge on any atom is -0.467 e. The maximum Gasteiger partial charge on any atom is 0.274 e. The first-order valence-corrected chi connectivity index (χ1v) is 10.6. The molecule has 0 spiro atoms. The van der Waals surface area contributed by atoms with E-state index in [2.05, 4.69) is 51.3 Å². The van der Waals surface area contributed by atoms with Gasteiger partial charge in [-0.2, -0.15) is 5.10 Å². The van der Waals surface area contributed by atoms with Gasteiger partial charge in [-0.25, -0.2) is 9.67 Å².